The van der Waals surface area contributed by atoms with E-state index in [0.717, 1.165) is 0 Å². The third-order valence-corrected chi connectivity index (χ3v) is 1.48. The Balaban J connectivity index is 3.30. The van der Waals surface area contributed by atoms with E-state index in [1.54, 1.807) is 0 Å². The Kier molecular flexibility index (Phi) is 7.04. The normalized spacial score (nSPS) is 10.8. The highest BCUT2D eigenvalue weighted by Gasteiger charge is 2.03. The highest BCUT2D eigenvalue weighted by molar-refractivity contribution is 4.40. The Hall–Kier alpha value is -0.0400. The molecule has 0 saturated carbocycles. The molecule has 0 aromatic carbocycles. The molecule has 0 heterocycles. The van der Waals surface area contributed by atoms with E-state index in [9.17, 15) is 0 Å². The molecule has 0 N–H and O–H groups in total. The lowest BCUT2D eigenvalue weighted by Crippen LogP contribution is -2.17. The van der Waals surface area contributed by atoms with Crippen molar-refractivity contribution in [2.75, 3.05) is 19.8 Å². The van der Waals surface area contributed by atoms with Gasteiger partial charge in [0.15, 0.2) is 0 Å². The lowest BCUT2D eigenvalue weighted by atomic mass is 10.4. The van der Waals surface area contributed by atoms with Gasteiger partial charge in [0.25, 0.3) is 0 Å². The molecule has 0 amide bonds. The molecule has 0 aromatic rings. The van der Waals surface area contributed by atoms with Gasteiger partial charge in [0, 0.05) is 19.3 Å². The fourth-order valence-corrected chi connectivity index (χ4v) is 1.17. The van der Waals surface area contributed by atoms with Crippen molar-refractivity contribution in [3.8, 4) is 0 Å². The molecule has 0 aliphatic carbocycles. The fourth-order valence-electron chi connectivity index (χ4n) is 1.17. The largest absolute Gasteiger partial charge is 0.422 e. The van der Waals surface area contributed by atoms with Gasteiger partial charge in [0.05, 0.1) is 0 Å². The Morgan fingerprint density at radius 3 is 1.20 bits per heavy atom. The zero-order valence-corrected chi connectivity index (χ0v) is 7.65. The molecule has 62 valence electrons. The van der Waals surface area contributed by atoms with Crippen molar-refractivity contribution in [1.29, 1.82) is 0 Å². The van der Waals surface area contributed by atoms with Gasteiger partial charge >= 0.3 is 0 Å². The first-order valence-corrected chi connectivity index (χ1v) is 4.49. The molecular weight excluding hydrogens is 124 g/mol. The molecule has 0 fully saturated rings. The molecule has 0 atom stereocenters. The van der Waals surface area contributed by atoms with Crippen LogP contribution >= 0.6 is 0 Å². The Bertz CT molecular complexity index is 47.5. The van der Waals surface area contributed by atoms with Crippen LogP contribution in [0.4, 0.5) is 0 Å². The molecule has 0 unspecified atom stereocenters. The van der Waals surface area contributed by atoms with E-state index < -0.39 is 0 Å². The van der Waals surface area contributed by atoms with E-state index in [4.69, 9.17) is 0 Å². The number of hydrogen-bond donors (Lipinski definition) is 0. The van der Waals surface area contributed by atoms with E-state index in [1.807, 2.05) is 0 Å². The fraction of sp³-hybridized carbons (Fsp3) is 1.00. The Morgan fingerprint density at radius 1 is 0.700 bits per heavy atom. The second-order valence-corrected chi connectivity index (χ2v) is 2.72. The van der Waals surface area contributed by atoms with E-state index >= 15 is 0 Å². The predicted octanol–water partition coefficient (Wildman–Crippen LogP) is 2.77. The van der Waals surface area contributed by atoms with Gasteiger partial charge in [-0.15, -0.1) is 0 Å². The lowest BCUT2D eigenvalue weighted by molar-refractivity contribution is -0.138. The van der Waals surface area contributed by atoms with Crippen molar-refractivity contribution in [3.05, 3.63) is 0 Å². The second-order valence-electron chi connectivity index (χ2n) is 2.72. The first-order chi connectivity index (χ1) is 4.85. The van der Waals surface area contributed by atoms with E-state index in [-0.39, 0.29) is 0 Å². The van der Waals surface area contributed by atoms with Gasteiger partial charge in [-0.1, -0.05) is 20.8 Å². The van der Waals surface area contributed by atoms with Gasteiger partial charge in [0.2, 0.25) is 0 Å². The van der Waals surface area contributed by atoms with Crippen molar-refractivity contribution >= 4 is 0 Å². The minimum Gasteiger partial charge on any atom is -0.422 e. The monoisotopic (exact) mass is 145 g/mol. The highest BCUT2D eigenvalue weighted by atomic mass is 16.7. The van der Waals surface area contributed by atoms with Crippen molar-refractivity contribution in [3.63, 3.8) is 0 Å². The van der Waals surface area contributed by atoms with Crippen molar-refractivity contribution in [1.82, 2.24) is 0 Å². The van der Waals surface area contributed by atoms with Gasteiger partial charge in [-0.3, -0.25) is 0 Å². The summed E-state index contributed by atoms with van der Waals surface area (Å²) in [5.74, 6) is 0. The van der Waals surface area contributed by atoms with Crippen LogP contribution in [0.5, 0.6) is 0 Å². The molecule has 0 aliphatic heterocycles. The minimum absolute atomic E-state index is 1.20. The van der Waals surface area contributed by atoms with Crippen LogP contribution < -0.4 is 0 Å². The molecule has 1 heteroatoms. The van der Waals surface area contributed by atoms with Crippen LogP contribution in [0.25, 0.3) is 0 Å². The first-order valence-electron chi connectivity index (χ1n) is 4.49. The van der Waals surface area contributed by atoms with Gasteiger partial charge < -0.3 is 4.37 Å². The van der Waals surface area contributed by atoms with Crippen LogP contribution in [0, 0.1) is 0 Å². The SMILES string of the molecule is CCC[O+](CCC)CCC. The molecule has 0 bridgehead atoms. The Morgan fingerprint density at radius 2 is 1.00 bits per heavy atom. The summed E-state index contributed by atoms with van der Waals surface area (Å²) in [6.07, 6.45) is 3.76. The second kappa shape index (κ2) is 7.07. The van der Waals surface area contributed by atoms with Gasteiger partial charge in [-0.2, -0.15) is 0 Å². The van der Waals surface area contributed by atoms with Crippen molar-refractivity contribution in [2.24, 2.45) is 0 Å². The average Bonchev–Trinajstić information content (AvgIpc) is 1.90. The van der Waals surface area contributed by atoms with Crippen LogP contribution in [0.2, 0.25) is 0 Å². The summed E-state index contributed by atoms with van der Waals surface area (Å²) in [7, 11) is 0. The quantitative estimate of drug-likeness (QED) is 0.505. The Labute approximate surface area is 65.1 Å². The topological polar surface area (TPSA) is 2.70 Å². The van der Waals surface area contributed by atoms with Gasteiger partial charge in [-0.05, 0) is 0 Å². The molecule has 0 radical (unpaired) electrons. The molecule has 10 heavy (non-hydrogen) atoms. The van der Waals surface area contributed by atoms with Crippen LogP contribution in [0.3, 0.4) is 0 Å². The molecule has 0 spiro atoms. The van der Waals surface area contributed by atoms with Crippen molar-refractivity contribution < 1.29 is 4.37 Å². The third-order valence-electron chi connectivity index (χ3n) is 1.48. The average molecular weight is 145 g/mol. The van der Waals surface area contributed by atoms with Crippen molar-refractivity contribution in [2.45, 2.75) is 40.0 Å². The summed E-state index contributed by atoms with van der Waals surface area (Å²) < 4.78 is 3.30. The zero-order valence-electron chi connectivity index (χ0n) is 7.65. The van der Waals surface area contributed by atoms with E-state index in [2.05, 4.69) is 25.1 Å². The maximum atomic E-state index is 3.30. The summed E-state index contributed by atoms with van der Waals surface area (Å²) in [6, 6.07) is 0. The third kappa shape index (κ3) is 4.80. The van der Waals surface area contributed by atoms with Gasteiger partial charge in [-0.25, -0.2) is 0 Å². The van der Waals surface area contributed by atoms with Crippen LogP contribution in [0.1, 0.15) is 40.0 Å². The smallest absolute Gasteiger partial charge is 0.145 e. The van der Waals surface area contributed by atoms with Crippen LogP contribution in [-0.4, -0.2) is 19.8 Å². The predicted molar refractivity (Wildman–Crippen MR) is 46.6 cm³/mol. The molecule has 1 nitrogen and oxygen atoms in total. The molecule has 0 aromatic heterocycles. The summed E-state index contributed by atoms with van der Waals surface area (Å²) >= 11 is 0. The van der Waals surface area contributed by atoms with Gasteiger partial charge in [0.1, 0.15) is 19.8 Å². The highest BCUT2D eigenvalue weighted by Crippen LogP contribution is 2.01. The first kappa shape index (κ1) is 9.96. The van der Waals surface area contributed by atoms with Crippen LogP contribution in [-0.2, 0) is 4.37 Å². The molecule has 0 saturated heterocycles. The summed E-state index contributed by atoms with van der Waals surface area (Å²) in [5, 5.41) is 0. The maximum Gasteiger partial charge on any atom is 0.145 e. The maximum absolute atomic E-state index is 3.30. The molecular formula is C9H21O+. The zero-order chi connectivity index (χ0) is 7.82. The summed E-state index contributed by atoms with van der Waals surface area (Å²) in [4.78, 5) is 0. The molecule has 0 aliphatic rings. The minimum atomic E-state index is 1.20. The lowest BCUT2D eigenvalue weighted by Gasteiger charge is -2.16. The summed E-state index contributed by atoms with van der Waals surface area (Å²) in [6.45, 7) is 10.3. The summed E-state index contributed by atoms with van der Waals surface area (Å²) in [5.41, 5.74) is 0. The van der Waals surface area contributed by atoms with Crippen LogP contribution in [0.15, 0.2) is 0 Å². The standard InChI is InChI=1S/C9H21O/c1-4-7-10(8-5-2)9-6-3/h4-9H2,1-3H3/q+1. The number of hydrogen-bond acceptors (Lipinski definition) is 0. The number of rotatable bonds is 6. The van der Waals surface area contributed by atoms with E-state index in [0.29, 0.717) is 0 Å². The van der Waals surface area contributed by atoms with E-state index in [1.165, 1.54) is 39.1 Å². The molecule has 0 rings (SSSR count).